The Kier molecular flexibility index (Phi) is 6.79. The summed E-state index contributed by atoms with van der Waals surface area (Å²) in [5, 5.41) is 0. The minimum Gasteiger partial charge on any atom is -0.497 e. The van der Waals surface area contributed by atoms with Crippen molar-refractivity contribution in [3.05, 3.63) is 112 Å². The number of anilines is 2. The standard InChI is InChI=1S/C32H33NO2/c1-20-15-21(2)30(22(3)16-20)32(34)26-10-8-9-25(19-26)27-17-23(4)31(24(5)18-27)33(6)28-11-13-29(35-7)14-12-28/h8-19H,1-7H3. The molecule has 0 aliphatic heterocycles. The Hall–Kier alpha value is -3.85. The van der Waals surface area contributed by atoms with Gasteiger partial charge in [-0.2, -0.15) is 0 Å². The summed E-state index contributed by atoms with van der Waals surface area (Å²) in [7, 11) is 3.76. The van der Waals surface area contributed by atoms with Crippen molar-refractivity contribution < 1.29 is 9.53 Å². The predicted molar refractivity (Wildman–Crippen MR) is 146 cm³/mol. The Morgan fingerprint density at radius 1 is 0.714 bits per heavy atom. The SMILES string of the molecule is COc1ccc(N(C)c2c(C)cc(-c3cccc(C(=O)c4c(C)cc(C)cc4C)c3)cc2C)cc1. The second-order valence-corrected chi connectivity index (χ2v) is 9.40. The first kappa shape index (κ1) is 24.3. The Labute approximate surface area is 209 Å². The smallest absolute Gasteiger partial charge is 0.193 e. The van der Waals surface area contributed by atoms with E-state index in [0.717, 1.165) is 39.3 Å². The van der Waals surface area contributed by atoms with Crippen LogP contribution in [-0.2, 0) is 0 Å². The van der Waals surface area contributed by atoms with Crippen molar-refractivity contribution in [1.82, 2.24) is 0 Å². The molecule has 4 aromatic rings. The van der Waals surface area contributed by atoms with Crippen molar-refractivity contribution >= 4 is 17.2 Å². The van der Waals surface area contributed by atoms with E-state index in [1.165, 1.54) is 22.4 Å². The van der Waals surface area contributed by atoms with Crippen LogP contribution in [0, 0.1) is 34.6 Å². The maximum absolute atomic E-state index is 13.4. The molecule has 0 spiro atoms. The molecule has 3 nitrogen and oxygen atoms in total. The first-order chi connectivity index (χ1) is 16.7. The molecule has 0 aliphatic rings. The molecule has 0 N–H and O–H groups in total. The molecular weight excluding hydrogens is 430 g/mol. The number of aryl methyl sites for hydroxylation is 5. The van der Waals surface area contributed by atoms with Crippen LogP contribution >= 0.6 is 0 Å². The van der Waals surface area contributed by atoms with Gasteiger partial charge in [0.2, 0.25) is 0 Å². The molecule has 0 fully saturated rings. The quantitative estimate of drug-likeness (QED) is 0.272. The van der Waals surface area contributed by atoms with Gasteiger partial charge in [-0.15, -0.1) is 0 Å². The van der Waals surface area contributed by atoms with Gasteiger partial charge in [-0.1, -0.05) is 35.9 Å². The van der Waals surface area contributed by atoms with Crippen molar-refractivity contribution in [2.75, 3.05) is 19.1 Å². The molecule has 0 radical (unpaired) electrons. The van der Waals surface area contributed by atoms with Crippen LogP contribution in [0.1, 0.15) is 43.7 Å². The first-order valence-corrected chi connectivity index (χ1v) is 11.9. The van der Waals surface area contributed by atoms with E-state index in [2.05, 4.69) is 75.2 Å². The third kappa shape index (κ3) is 4.85. The number of nitrogens with zero attached hydrogens (tertiary/aromatic N) is 1. The fourth-order valence-electron chi connectivity index (χ4n) is 5.11. The van der Waals surface area contributed by atoms with E-state index in [-0.39, 0.29) is 5.78 Å². The number of carbonyl (C=O) groups is 1. The Morgan fingerprint density at radius 3 is 1.89 bits per heavy atom. The summed E-state index contributed by atoms with van der Waals surface area (Å²) in [6.45, 7) is 10.4. The lowest BCUT2D eigenvalue weighted by Gasteiger charge is -2.25. The predicted octanol–water partition coefficient (Wildman–Crippen LogP) is 7.90. The molecule has 35 heavy (non-hydrogen) atoms. The van der Waals surface area contributed by atoms with Crippen LogP contribution in [-0.4, -0.2) is 19.9 Å². The number of ketones is 1. The molecule has 4 rings (SSSR count). The molecule has 0 aromatic heterocycles. The second-order valence-electron chi connectivity index (χ2n) is 9.40. The van der Waals surface area contributed by atoms with Gasteiger partial charge in [-0.25, -0.2) is 0 Å². The van der Waals surface area contributed by atoms with Crippen molar-refractivity contribution in [3.8, 4) is 16.9 Å². The Balaban J connectivity index is 1.69. The van der Waals surface area contributed by atoms with E-state index in [4.69, 9.17) is 4.74 Å². The van der Waals surface area contributed by atoms with Gasteiger partial charge in [0.15, 0.2) is 5.78 Å². The number of methoxy groups -OCH3 is 1. The summed E-state index contributed by atoms with van der Waals surface area (Å²) in [6, 6.07) is 24.6. The van der Waals surface area contributed by atoms with E-state index in [9.17, 15) is 4.79 Å². The molecule has 0 aliphatic carbocycles. The molecule has 0 heterocycles. The van der Waals surface area contributed by atoms with Crippen LogP contribution < -0.4 is 9.64 Å². The third-order valence-corrected chi connectivity index (χ3v) is 6.65. The zero-order valence-electron chi connectivity index (χ0n) is 21.7. The van der Waals surface area contributed by atoms with Gasteiger partial charge >= 0.3 is 0 Å². The number of rotatable bonds is 6. The van der Waals surface area contributed by atoms with Crippen molar-refractivity contribution in [2.45, 2.75) is 34.6 Å². The van der Waals surface area contributed by atoms with Gasteiger partial charge in [-0.05, 0) is 110 Å². The largest absolute Gasteiger partial charge is 0.497 e. The summed E-state index contributed by atoms with van der Waals surface area (Å²) in [5.41, 5.74) is 11.5. The highest BCUT2D eigenvalue weighted by atomic mass is 16.5. The number of carbonyl (C=O) groups excluding carboxylic acids is 1. The first-order valence-electron chi connectivity index (χ1n) is 11.9. The van der Waals surface area contributed by atoms with Crippen LogP contribution in [0.25, 0.3) is 11.1 Å². The van der Waals surface area contributed by atoms with Crippen LogP contribution in [0.2, 0.25) is 0 Å². The van der Waals surface area contributed by atoms with Crippen LogP contribution in [0.3, 0.4) is 0 Å². The molecule has 178 valence electrons. The third-order valence-electron chi connectivity index (χ3n) is 6.65. The van der Waals surface area contributed by atoms with Crippen LogP contribution in [0.5, 0.6) is 5.75 Å². The lowest BCUT2D eigenvalue weighted by atomic mass is 9.91. The maximum Gasteiger partial charge on any atom is 0.193 e. The van der Waals surface area contributed by atoms with E-state index in [0.29, 0.717) is 5.56 Å². The van der Waals surface area contributed by atoms with Crippen LogP contribution in [0.4, 0.5) is 11.4 Å². The highest BCUT2D eigenvalue weighted by Crippen LogP contribution is 2.35. The molecule has 0 bridgehead atoms. The lowest BCUT2D eigenvalue weighted by molar-refractivity contribution is 0.103. The van der Waals surface area contributed by atoms with Gasteiger partial charge in [0.05, 0.1) is 7.11 Å². The second kappa shape index (κ2) is 9.79. The zero-order valence-corrected chi connectivity index (χ0v) is 21.7. The normalized spacial score (nSPS) is 10.8. The molecule has 0 atom stereocenters. The molecule has 4 aromatic carbocycles. The summed E-state index contributed by atoms with van der Waals surface area (Å²) < 4.78 is 5.30. The Bertz CT molecular complexity index is 1350. The number of ether oxygens (including phenoxy) is 1. The van der Waals surface area contributed by atoms with E-state index in [1.807, 2.05) is 44.2 Å². The highest BCUT2D eigenvalue weighted by Gasteiger charge is 2.17. The minimum atomic E-state index is 0.0751. The minimum absolute atomic E-state index is 0.0751. The molecule has 3 heteroatoms. The fraction of sp³-hybridized carbons (Fsp3) is 0.219. The number of hydrogen-bond acceptors (Lipinski definition) is 3. The van der Waals surface area contributed by atoms with Crippen LogP contribution in [0.15, 0.2) is 72.8 Å². The molecular formula is C32H33NO2. The summed E-state index contributed by atoms with van der Waals surface area (Å²) >= 11 is 0. The van der Waals surface area contributed by atoms with E-state index in [1.54, 1.807) is 7.11 Å². The molecule has 0 amide bonds. The summed E-state index contributed by atoms with van der Waals surface area (Å²) in [5.74, 6) is 0.919. The van der Waals surface area contributed by atoms with Crippen molar-refractivity contribution in [1.29, 1.82) is 0 Å². The van der Waals surface area contributed by atoms with Crippen molar-refractivity contribution in [2.24, 2.45) is 0 Å². The average Bonchev–Trinajstić information content (AvgIpc) is 2.83. The van der Waals surface area contributed by atoms with Gasteiger partial charge in [0, 0.05) is 29.5 Å². The van der Waals surface area contributed by atoms with Gasteiger partial charge in [0.1, 0.15) is 5.75 Å². The molecule has 0 saturated carbocycles. The summed E-state index contributed by atoms with van der Waals surface area (Å²) in [4.78, 5) is 15.7. The average molecular weight is 464 g/mol. The lowest BCUT2D eigenvalue weighted by Crippen LogP contribution is -2.12. The van der Waals surface area contributed by atoms with Gasteiger partial charge in [-0.3, -0.25) is 4.79 Å². The number of benzene rings is 4. The molecule has 0 saturated heterocycles. The topological polar surface area (TPSA) is 29.5 Å². The van der Waals surface area contributed by atoms with E-state index >= 15 is 0 Å². The monoisotopic (exact) mass is 463 g/mol. The van der Waals surface area contributed by atoms with E-state index < -0.39 is 0 Å². The maximum atomic E-state index is 13.4. The zero-order chi connectivity index (χ0) is 25.3. The Morgan fingerprint density at radius 2 is 1.31 bits per heavy atom. The van der Waals surface area contributed by atoms with Gasteiger partial charge < -0.3 is 9.64 Å². The fourth-order valence-corrected chi connectivity index (χ4v) is 5.11. The van der Waals surface area contributed by atoms with Crippen molar-refractivity contribution in [3.63, 3.8) is 0 Å². The molecule has 0 unspecified atom stereocenters. The van der Waals surface area contributed by atoms with Gasteiger partial charge in [0.25, 0.3) is 0 Å². The highest BCUT2D eigenvalue weighted by molar-refractivity contribution is 6.11. The summed E-state index contributed by atoms with van der Waals surface area (Å²) in [6.07, 6.45) is 0. The number of hydrogen-bond donors (Lipinski definition) is 0.